The molecule has 1 unspecified atom stereocenters. The van der Waals surface area contributed by atoms with E-state index in [-0.39, 0.29) is 46.7 Å². The molecule has 1 fully saturated rings. The summed E-state index contributed by atoms with van der Waals surface area (Å²) in [5.41, 5.74) is 5.64. The van der Waals surface area contributed by atoms with Crippen LogP contribution in [0.25, 0.3) is 0 Å². The van der Waals surface area contributed by atoms with E-state index >= 15 is 0 Å². The lowest BCUT2D eigenvalue weighted by atomic mass is 10.2. The highest BCUT2D eigenvalue weighted by molar-refractivity contribution is 8.00. The summed E-state index contributed by atoms with van der Waals surface area (Å²) in [6.07, 6.45) is 1.05. The third-order valence-corrected chi connectivity index (χ3v) is 5.32. The molecule has 1 aromatic heterocycles. The van der Waals surface area contributed by atoms with E-state index in [9.17, 15) is 24.5 Å². The summed E-state index contributed by atoms with van der Waals surface area (Å²) in [5, 5.41) is 10.2. The minimum Gasteiger partial charge on any atom is -0.494 e. The monoisotopic (exact) mass is 447 g/mol. The second-order valence-corrected chi connectivity index (χ2v) is 7.33. The summed E-state index contributed by atoms with van der Waals surface area (Å²) in [7, 11) is 1.28. The molecule has 2 heterocycles. The molecule has 12 nitrogen and oxygen atoms in total. The van der Waals surface area contributed by atoms with Gasteiger partial charge in [0.1, 0.15) is 22.4 Å². The number of hydrogen-bond donors (Lipinski definition) is 1. The van der Waals surface area contributed by atoms with Crippen molar-refractivity contribution >= 4 is 46.7 Å². The molecule has 0 radical (unpaired) electrons. The molecule has 162 valence electrons. The highest BCUT2D eigenvalue weighted by atomic mass is 32.2. The molecule has 2 N–H and O–H groups in total. The maximum atomic E-state index is 12.9. The summed E-state index contributed by atoms with van der Waals surface area (Å²) < 4.78 is 9.98. The number of carbonyl (C=O) groups is 3. The summed E-state index contributed by atoms with van der Waals surface area (Å²) in [5.74, 6) is -1.83. The Balaban J connectivity index is 1.82. The normalized spacial score (nSPS) is 15.8. The number of hydrogen-bond acceptors (Lipinski definition) is 11. The van der Waals surface area contributed by atoms with Gasteiger partial charge in [-0.2, -0.15) is 0 Å². The molecule has 0 aliphatic carbocycles. The number of anilines is 2. The number of nitrogens with zero attached hydrogens (tertiary/aromatic N) is 4. The first-order valence-electron chi connectivity index (χ1n) is 8.92. The first-order chi connectivity index (χ1) is 14.8. The largest absolute Gasteiger partial charge is 0.494 e. The van der Waals surface area contributed by atoms with Crippen LogP contribution in [0.3, 0.4) is 0 Å². The van der Waals surface area contributed by atoms with E-state index in [0.717, 1.165) is 22.7 Å². The zero-order valence-electron chi connectivity index (χ0n) is 16.4. The molecule has 1 saturated heterocycles. The summed E-state index contributed by atoms with van der Waals surface area (Å²) in [6, 6.07) is 3.59. The number of imide groups is 1. The second-order valence-electron chi connectivity index (χ2n) is 6.16. The van der Waals surface area contributed by atoms with Crippen molar-refractivity contribution in [2.45, 2.75) is 23.8 Å². The number of non-ortho nitro benzene ring substituents is 1. The van der Waals surface area contributed by atoms with Crippen molar-refractivity contribution in [3.63, 3.8) is 0 Å². The van der Waals surface area contributed by atoms with Crippen LogP contribution in [0.15, 0.2) is 29.6 Å². The Hall–Kier alpha value is -3.74. The topological polar surface area (TPSA) is 168 Å². The number of nitrogens with two attached hydrogens (primary N) is 1. The van der Waals surface area contributed by atoms with Crippen molar-refractivity contribution in [2.24, 2.45) is 0 Å². The lowest BCUT2D eigenvalue weighted by molar-refractivity contribution is -0.384. The van der Waals surface area contributed by atoms with Crippen molar-refractivity contribution < 1.29 is 28.8 Å². The van der Waals surface area contributed by atoms with Gasteiger partial charge >= 0.3 is 5.97 Å². The average molecular weight is 447 g/mol. The van der Waals surface area contributed by atoms with Crippen molar-refractivity contribution in [1.29, 1.82) is 0 Å². The molecular weight excluding hydrogens is 430 g/mol. The molecule has 1 aliphatic rings. The smallest absolute Gasteiger partial charge is 0.343 e. The van der Waals surface area contributed by atoms with Crippen molar-refractivity contribution in [1.82, 2.24) is 9.97 Å². The maximum Gasteiger partial charge on any atom is 0.343 e. The van der Waals surface area contributed by atoms with Crippen LogP contribution in [-0.2, 0) is 14.3 Å². The minimum atomic E-state index is -0.847. The standard InChI is InChI=1S/C18H17N5O7S/c1-3-30-17(26)10-8-20-18(21-15(10)19)31-13-7-14(24)22(16(13)25)11-5-4-9(23(27)28)6-12(11)29-2/h4-6,8,13H,3,7H2,1-2H3,(H2,19,20,21). The molecule has 31 heavy (non-hydrogen) atoms. The van der Waals surface area contributed by atoms with Gasteiger partial charge in [0.25, 0.3) is 5.69 Å². The van der Waals surface area contributed by atoms with Crippen LogP contribution in [0.5, 0.6) is 5.75 Å². The summed E-state index contributed by atoms with van der Waals surface area (Å²) in [6.45, 7) is 1.81. The number of nitro groups is 1. The number of methoxy groups -OCH3 is 1. The molecule has 2 amide bonds. The molecule has 1 aliphatic heterocycles. The number of aromatic nitrogens is 2. The van der Waals surface area contributed by atoms with Gasteiger partial charge in [0.2, 0.25) is 11.8 Å². The maximum absolute atomic E-state index is 12.9. The SMILES string of the molecule is CCOC(=O)c1cnc(SC2CC(=O)N(c3ccc([N+](=O)[O-])cc3OC)C2=O)nc1N. The number of ether oxygens (including phenoxy) is 2. The van der Waals surface area contributed by atoms with Gasteiger partial charge in [0.05, 0.1) is 30.4 Å². The zero-order chi connectivity index (χ0) is 22.7. The van der Waals surface area contributed by atoms with Gasteiger partial charge in [-0.1, -0.05) is 11.8 Å². The van der Waals surface area contributed by atoms with Crippen LogP contribution in [0.1, 0.15) is 23.7 Å². The molecule has 3 rings (SSSR count). The predicted octanol–water partition coefficient (Wildman–Crippen LogP) is 1.58. The summed E-state index contributed by atoms with van der Waals surface area (Å²) >= 11 is 0.915. The fourth-order valence-corrected chi connectivity index (χ4v) is 3.79. The lowest BCUT2D eigenvalue weighted by Gasteiger charge is -2.17. The number of thioether (sulfide) groups is 1. The van der Waals surface area contributed by atoms with Gasteiger partial charge in [-0.25, -0.2) is 19.7 Å². The van der Waals surface area contributed by atoms with Gasteiger partial charge in [-0.05, 0) is 13.0 Å². The Bertz CT molecular complexity index is 1080. The Kier molecular flexibility index (Phi) is 6.34. The Morgan fingerprint density at radius 2 is 2.16 bits per heavy atom. The van der Waals surface area contributed by atoms with Crippen LogP contribution in [0.2, 0.25) is 0 Å². The molecular formula is C18H17N5O7S. The minimum absolute atomic E-state index is 0.00253. The van der Waals surface area contributed by atoms with E-state index in [0.29, 0.717) is 0 Å². The van der Waals surface area contributed by atoms with Gasteiger partial charge in [0.15, 0.2) is 5.16 Å². The molecule has 2 aromatic rings. The molecule has 1 aromatic carbocycles. The van der Waals surface area contributed by atoms with Crippen LogP contribution in [0, 0.1) is 10.1 Å². The van der Waals surface area contributed by atoms with Gasteiger partial charge in [-0.3, -0.25) is 19.7 Å². The highest BCUT2D eigenvalue weighted by Crippen LogP contribution is 2.38. The number of carbonyl (C=O) groups excluding carboxylic acids is 3. The van der Waals surface area contributed by atoms with Crippen LogP contribution in [-0.4, -0.2) is 51.6 Å². The third kappa shape index (κ3) is 4.40. The quantitative estimate of drug-likeness (QED) is 0.215. The Labute approximate surface area is 179 Å². The van der Waals surface area contributed by atoms with E-state index < -0.39 is 28.0 Å². The number of esters is 1. The summed E-state index contributed by atoms with van der Waals surface area (Å²) in [4.78, 5) is 56.5. The second kappa shape index (κ2) is 8.95. The number of nitrogen functional groups attached to an aromatic ring is 1. The molecule has 0 bridgehead atoms. The molecule has 0 saturated carbocycles. The molecule has 0 spiro atoms. The fourth-order valence-electron chi connectivity index (χ4n) is 2.84. The Morgan fingerprint density at radius 3 is 2.77 bits per heavy atom. The van der Waals surface area contributed by atoms with E-state index in [1.807, 2.05) is 0 Å². The number of amides is 2. The lowest BCUT2D eigenvalue weighted by Crippen LogP contribution is -2.31. The predicted molar refractivity (Wildman–Crippen MR) is 109 cm³/mol. The van der Waals surface area contributed by atoms with Gasteiger partial charge in [0, 0.05) is 18.7 Å². The highest BCUT2D eigenvalue weighted by Gasteiger charge is 2.42. The first kappa shape index (κ1) is 22.0. The first-order valence-corrected chi connectivity index (χ1v) is 9.80. The number of rotatable bonds is 7. The van der Waals surface area contributed by atoms with E-state index in [2.05, 4.69) is 9.97 Å². The van der Waals surface area contributed by atoms with Gasteiger partial charge in [-0.15, -0.1) is 0 Å². The number of benzene rings is 1. The number of nitro benzene ring substituents is 1. The van der Waals surface area contributed by atoms with E-state index in [4.69, 9.17) is 15.2 Å². The molecule has 1 atom stereocenters. The van der Waals surface area contributed by atoms with E-state index in [1.165, 1.54) is 25.4 Å². The van der Waals surface area contributed by atoms with Crippen molar-refractivity contribution in [2.75, 3.05) is 24.4 Å². The fraction of sp³-hybridized carbons (Fsp3) is 0.278. The van der Waals surface area contributed by atoms with Crippen LogP contribution >= 0.6 is 11.8 Å². The third-order valence-electron chi connectivity index (χ3n) is 4.26. The van der Waals surface area contributed by atoms with Crippen LogP contribution < -0.4 is 15.4 Å². The zero-order valence-corrected chi connectivity index (χ0v) is 17.2. The van der Waals surface area contributed by atoms with Crippen molar-refractivity contribution in [3.8, 4) is 5.75 Å². The van der Waals surface area contributed by atoms with Gasteiger partial charge < -0.3 is 15.2 Å². The van der Waals surface area contributed by atoms with Crippen LogP contribution in [0.4, 0.5) is 17.2 Å². The van der Waals surface area contributed by atoms with Crippen molar-refractivity contribution in [3.05, 3.63) is 40.1 Å². The van der Waals surface area contributed by atoms with E-state index in [1.54, 1.807) is 6.92 Å². The average Bonchev–Trinajstić information content (AvgIpc) is 3.00. The Morgan fingerprint density at radius 1 is 1.42 bits per heavy atom. The molecule has 13 heteroatoms.